The highest BCUT2D eigenvalue weighted by Crippen LogP contribution is 2.26. The van der Waals surface area contributed by atoms with Gasteiger partial charge in [0.2, 0.25) is 0 Å². The van der Waals surface area contributed by atoms with Crippen molar-refractivity contribution in [3.63, 3.8) is 0 Å². The zero-order valence-corrected chi connectivity index (χ0v) is 17.5. The summed E-state index contributed by atoms with van der Waals surface area (Å²) in [6, 6.07) is 26.6. The smallest absolute Gasteiger partial charge is 0.269 e. The van der Waals surface area contributed by atoms with Gasteiger partial charge in [-0.15, -0.1) is 0 Å². The van der Waals surface area contributed by atoms with Crippen molar-refractivity contribution in [2.75, 3.05) is 11.4 Å². The van der Waals surface area contributed by atoms with Gasteiger partial charge in [0.25, 0.3) is 10.0 Å². The van der Waals surface area contributed by atoms with Crippen LogP contribution in [0.4, 0.5) is 5.69 Å². The lowest BCUT2D eigenvalue weighted by Gasteiger charge is -2.23. The van der Waals surface area contributed by atoms with Crippen LogP contribution in [0.3, 0.4) is 0 Å². The number of anilines is 1. The van der Waals surface area contributed by atoms with Gasteiger partial charge in [0, 0.05) is 36.7 Å². The second-order valence-electron chi connectivity index (χ2n) is 6.91. The van der Waals surface area contributed by atoms with Crippen molar-refractivity contribution in [3.8, 4) is 11.4 Å². The molecule has 0 fully saturated rings. The van der Waals surface area contributed by atoms with Crippen molar-refractivity contribution in [1.82, 2.24) is 8.96 Å². The number of rotatable bonds is 7. The van der Waals surface area contributed by atoms with Gasteiger partial charge in [-0.25, -0.2) is 17.4 Å². The van der Waals surface area contributed by atoms with E-state index in [1.165, 1.54) is 21.9 Å². The normalized spacial score (nSPS) is 11.4. The Morgan fingerprint density at radius 1 is 0.867 bits per heavy atom. The first-order valence-electron chi connectivity index (χ1n) is 9.83. The molecule has 0 saturated heterocycles. The maximum Gasteiger partial charge on any atom is 0.269 e. The Hall–Kier alpha value is -3.38. The minimum absolute atomic E-state index is 0.237. The van der Waals surface area contributed by atoms with Crippen LogP contribution in [-0.4, -0.2) is 23.9 Å². The number of hydrogen-bond donors (Lipinski definition) is 0. The Kier molecular flexibility index (Phi) is 5.68. The van der Waals surface area contributed by atoms with Crippen molar-refractivity contribution in [1.29, 1.82) is 0 Å². The molecule has 5 nitrogen and oxygen atoms in total. The van der Waals surface area contributed by atoms with Crippen LogP contribution in [0, 0.1) is 0 Å². The average Bonchev–Trinajstić information content (AvgIpc) is 3.30. The summed E-state index contributed by atoms with van der Waals surface area (Å²) >= 11 is 0. The Labute approximate surface area is 177 Å². The number of benzene rings is 3. The second-order valence-corrected chi connectivity index (χ2v) is 8.73. The number of hydrogen-bond acceptors (Lipinski definition) is 4. The highest BCUT2D eigenvalue weighted by atomic mass is 32.2. The third-order valence-electron chi connectivity index (χ3n) is 5.00. The first-order chi connectivity index (χ1) is 14.6. The SMILES string of the molecule is CCN(Cc1ccccc1)c1ccc(-c2nccn2S(=O)(=O)c2ccccc2)cc1. The quantitative estimate of drug-likeness (QED) is 0.433. The number of nitrogens with zero attached hydrogens (tertiary/aromatic N) is 3. The minimum atomic E-state index is -3.70. The largest absolute Gasteiger partial charge is 0.367 e. The number of aromatic nitrogens is 2. The fourth-order valence-corrected chi connectivity index (χ4v) is 4.73. The van der Waals surface area contributed by atoms with Crippen LogP contribution in [-0.2, 0) is 16.6 Å². The first-order valence-corrected chi connectivity index (χ1v) is 11.3. The van der Waals surface area contributed by atoms with Crippen LogP contribution < -0.4 is 4.90 Å². The molecule has 6 heteroatoms. The van der Waals surface area contributed by atoms with E-state index in [4.69, 9.17) is 0 Å². The molecule has 4 aromatic rings. The topological polar surface area (TPSA) is 55.2 Å². The van der Waals surface area contributed by atoms with Gasteiger partial charge in [-0.05, 0) is 48.9 Å². The van der Waals surface area contributed by atoms with Crippen LogP contribution in [0.1, 0.15) is 12.5 Å². The molecule has 0 bridgehead atoms. The van der Waals surface area contributed by atoms with E-state index < -0.39 is 10.0 Å². The van der Waals surface area contributed by atoms with Crippen molar-refractivity contribution in [2.24, 2.45) is 0 Å². The van der Waals surface area contributed by atoms with Crippen molar-refractivity contribution < 1.29 is 8.42 Å². The third kappa shape index (κ3) is 4.00. The molecule has 1 aromatic heterocycles. The Morgan fingerprint density at radius 2 is 1.50 bits per heavy atom. The molecule has 1 heterocycles. The standard InChI is InChI=1S/C24H23N3O2S/c1-2-26(19-20-9-5-3-6-10-20)22-15-13-21(14-16-22)24-25-17-18-27(24)30(28,29)23-11-7-4-8-12-23/h3-18H,2,19H2,1H3. The summed E-state index contributed by atoms with van der Waals surface area (Å²) in [6.45, 7) is 3.80. The molecule has 0 spiro atoms. The van der Waals surface area contributed by atoms with Gasteiger partial charge < -0.3 is 4.90 Å². The predicted molar refractivity (Wildman–Crippen MR) is 120 cm³/mol. The molecule has 0 saturated carbocycles. The predicted octanol–water partition coefficient (Wildman–Crippen LogP) is 4.81. The zero-order chi connectivity index (χ0) is 21.0. The monoisotopic (exact) mass is 417 g/mol. The lowest BCUT2D eigenvalue weighted by Crippen LogP contribution is -2.21. The maximum atomic E-state index is 13.0. The summed E-state index contributed by atoms with van der Waals surface area (Å²) < 4.78 is 27.3. The molecule has 0 aliphatic heterocycles. The van der Waals surface area contributed by atoms with Crippen LogP contribution in [0.5, 0.6) is 0 Å². The Bertz CT molecular complexity index is 1200. The highest BCUT2D eigenvalue weighted by molar-refractivity contribution is 7.90. The number of imidazole rings is 1. The van der Waals surface area contributed by atoms with Gasteiger partial charge in [0.1, 0.15) is 0 Å². The van der Waals surface area contributed by atoms with E-state index in [1.807, 2.05) is 42.5 Å². The Balaban J connectivity index is 1.62. The van der Waals surface area contributed by atoms with Crippen LogP contribution in [0.15, 0.2) is 102 Å². The molecule has 0 unspecified atom stereocenters. The van der Waals surface area contributed by atoms with Gasteiger partial charge in [0.05, 0.1) is 4.90 Å². The van der Waals surface area contributed by atoms with Gasteiger partial charge in [-0.1, -0.05) is 48.5 Å². The highest BCUT2D eigenvalue weighted by Gasteiger charge is 2.21. The molecule has 0 N–H and O–H groups in total. The molecule has 4 rings (SSSR count). The molecule has 0 aliphatic rings. The fourth-order valence-electron chi connectivity index (χ4n) is 3.40. The van der Waals surface area contributed by atoms with Crippen LogP contribution in [0.25, 0.3) is 11.4 Å². The molecule has 0 radical (unpaired) electrons. The molecule has 3 aromatic carbocycles. The third-order valence-corrected chi connectivity index (χ3v) is 6.68. The first kappa shape index (κ1) is 19.9. The van der Waals surface area contributed by atoms with E-state index in [1.54, 1.807) is 30.3 Å². The molecular formula is C24H23N3O2S. The molecule has 0 atom stereocenters. The molecular weight excluding hydrogens is 394 g/mol. The van der Waals surface area contributed by atoms with Crippen LogP contribution in [0.2, 0.25) is 0 Å². The summed E-state index contributed by atoms with van der Waals surface area (Å²) in [5, 5.41) is 0. The summed E-state index contributed by atoms with van der Waals surface area (Å²) in [5.74, 6) is 0.400. The van der Waals surface area contributed by atoms with Gasteiger partial charge in [-0.2, -0.15) is 0 Å². The minimum Gasteiger partial charge on any atom is -0.367 e. The van der Waals surface area contributed by atoms with Gasteiger partial charge in [-0.3, -0.25) is 0 Å². The lowest BCUT2D eigenvalue weighted by atomic mass is 10.1. The summed E-state index contributed by atoms with van der Waals surface area (Å²) in [7, 11) is -3.70. The van der Waals surface area contributed by atoms with Gasteiger partial charge in [0.15, 0.2) is 5.82 Å². The lowest BCUT2D eigenvalue weighted by molar-refractivity contribution is 0.588. The van der Waals surface area contributed by atoms with E-state index >= 15 is 0 Å². The van der Waals surface area contributed by atoms with E-state index in [-0.39, 0.29) is 4.90 Å². The summed E-state index contributed by atoms with van der Waals surface area (Å²) in [4.78, 5) is 6.82. The Morgan fingerprint density at radius 3 is 2.13 bits per heavy atom. The summed E-state index contributed by atoms with van der Waals surface area (Å²) in [5.41, 5.74) is 3.07. The molecule has 0 amide bonds. The van der Waals surface area contributed by atoms with E-state index in [9.17, 15) is 8.42 Å². The molecule has 30 heavy (non-hydrogen) atoms. The summed E-state index contributed by atoms with van der Waals surface area (Å²) in [6.07, 6.45) is 3.00. The van der Waals surface area contributed by atoms with Crippen LogP contribution >= 0.6 is 0 Å². The fraction of sp³-hybridized carbons (Fsp3) is 0.125. The van der Waals surface area contributed by atoms with Crippen molar-refractivity contribution in [3.05, 3.63) is 103 Å². The molecule has 0 aliphatic carbocycles. The zero-order valence-electron chi connectivity index (χ0n) is 16.7. The average molecular weight is 418 g/mol. The van der Waals surface area contributed by atoms with Crippen molar-refractivity contribution >= 4 is 15.7 Å². The van der Waals surface area contributed by atoms with E-state index in [0.717, 1.165) is 24.3 Å². The van der Waals surface area contributed by atoms with E-state index in [2.05, 4.69) is 28.9 Å². The molecule has 152 valence electrons. The van der Waals surface area contributed by atoms with Crippen molar-refractivity contribution in [2.45, 2.75) is 18.4 Å². The van der Waals surface area contributed by atoms with E-state index in [0.29, 0.717) is 5.82 Å². The van der Waals surface area contributed by atoms with Gasteiger partial charge >= 0.3 is 0 Å². The second kappa shape index (κ2) is 8.55. The maximum absolute atomic E-state index is 13.0.